The predicted octanol–water partition coefficient (Wildman–Crippen LogP) is 2.01. The highest BCUT2D eigenvalue weighted by atomic mass is 16.3. The summed E-state index contributed by atoms with van der Waals surface area (Å²) in [7, 11) is 0. The first-order valence-corrected chi connectivity index (χ1v) is 11.5. The van der Waals surface area contributed by atoms with Crippen molar-refractivity contribution < 1.29 is 9.90 Å². The van der Waals surface area contributed by atoms with Gasteiger partial charge in [-0.1, -0.05) is 6.92 Å². The predicted molar refractivity (Wildman–Crippen MR) is 127 cm³/mol. The Bertz CT molecular complexity index is 921. The highest BCUT2D eigenvalue weighted by Gasteiger charge is 2.23. The summed E-state index contributed by atoms with van der Waals surface area (Å²) in [5.74, 6) is 0.404. The molecule has 32 heavy (non-hydrogen) atoms. The lowest BCUT2D eigenvalue weighted by molar-refractivity contribution is 0.0996. The summed E-state index contributed by atoms with van der Waals surface area (Å²) in [6, 6.07) is 8.32. The van der Waals surface area contributed by atoms with Gasteiger partial charge in [-0.25, -0.2) is 9.97 Å². The lowest BCUT2D eigenvalue weighted by Crippen LogP contribution is -2.43. The molecule has 2 heterocycles. The number of nitrogens with two attached hydrogens (primary N) is 1. The fraction of sp³-hybridized carbons (Fsp3) is 0.522. The van der Waals surface area contributed by atoms with Crippen LogP contribution in [0, 0.1) is 0 Å². The number of carbonyl (C=O) groups is 1. The molecule has 1 aliphatic heterocycles. The van der Waals surface area contributed by atoms with Gasteiger partial charge in [0, 0.05) is 43.6 Å². The number of aliphatic hydroxyl groups excluding tert-OH is 1. The van der Waals surface area contributed by atoms with Crippen LogP contribution >= 0.6 is 0 Å². The summed E-state index contributed by atoms with van der Waals surface area (Å²) < 4.78 is 0. The number of primary amides is 1. The number of hydrogen-bond donors (Lipinski definition) is 5. The Morgan fingerprint density at radius 3 is 2.44 bits per heavy atom. The molecule has 1 saturated carbocycles. The van der Waals surface area contributed by atoms with Crippen LogP contribution in [0.2, 0.25) is 0 Å². The van der Waals surface area contributed by atoms with Crippen LogP contribution in [0.15, 0.2) is 24.3 Å². The van der Waals surface area contributed by atoms with Gasteiger partial charge in [0.05, 0.1) is 11.8 Å². The average Bonchev–Trinajstić information content (AvgIpc) is 2.81. The van der Waals surface area contributed by atoms with Crippen molar-refractivity contribution in [3.05, 3.63) is 35.7 Å². The Kier molecular flexibility index (Phi) is 7.06. The molecule has 0 atom stereocenters. The second-order valence-electron chi connectivity index (χ2n) is 8.49. The van der Waals surface area contributed by atoms with Crippen LogP contribution < -0.4 is 26.6 Å². The van der Waals surface area contributed by atoms with Gasteiger partial charge in [-0.3, -0.25) is 4.79 Å². The topological polar surface area (TPSA) is 128 Å². The van der Waals surface area contributed by atoms with Gasteiger partial charge in [0.2, 0.25) is 0 Å². The lowest BCUT2D eigenvalue weighted by atomic mass is 9.93. The van der Waals surface area contributed by atoms with Gasteiger partial charge in [-0.2, -0.15) is 0 Å². The number of benzene rings is 1. The third-order valence-electron chi connectivity index (χ3n) is 6.19. The van der Waals surface area contributed by atoms with Crippen LogP contribution in [-0.4, -0.2) is 59.3 Å². The normalized spacial score (nSPS) is 21.2. The first kappa shape index (κ1) is 22.3. The molecule has 2 aromatic rings. The van der Waals surface area contributed by atoms with Gasteiger partial charge >= 0.3 is 0 Å². The molecule has 0 unspecified atom stereocenters. The Labute approximate surface area is 188 Å². The van der Waals surface area contributed by atoms with E-state index in [1.54, 1.807) is 0 Å². The fourth-order valence-corrected chi connectivity index (χ4v) is 4.32. The number of anilines is 4. The molecule has 1 aromatic carbocycles. The highest BCUT2D eigenvalue weighted by Crippen LogP contribution is 2.27. The number of piperazine rings is 1. The molecule has 9 nitrogen and oxygen atoms in total. The van der Waals surface area contributed by atoms with Crippen LogP contribution in [0.5, 0.6) is 0 Å². The Morgan fingerprint density at radius 2 is 1.81 bits per heavy atom. The number of aromatic nitrogens is 2. The van der Waals surface area contributed by atoms with E-state index in [1.807, 2.05) is 19.1 Å². The van der Waals surface area contributed by atoms with Crippen molar-refractivity contribution in [2.75, 3.05) is 41.7 Å². The van der Waals surface area contributed by atoms with Gasteiger partial charge in [-0.05, 0) is 56.4 Å². The van der Waals surface area contributed by atoms with Gasteiger partial charge in [0.1, 0.15) is 5.82 Å². The standard InChI is InChI=1S/C23H33N7O2/c1-2-19-22(26-16-5-9-18(31)10-6-16)29-23(20(28-19)21(24)32)27-15-3-7-17(8-4-15)30-13-11-25-12-14-30/h3-4,7-8,16,18,25,31H,2,5-6,9-14H2,1H3,(H2,24,32)(H2,26,27,29)/t16-,18-. The van der Waals surface area contributed by atoms with Crippen LogP contribution in [0.25, 0.3) is 0 Å². The molecule has 2 aliphatic rings. The molecule has 2 fully saturated rings. The molecule has 6 N–H and O–H groups in total. The third-order valence-corrected chi connectivity index (χ3v) is 6.19. The average molecular weight is 440 g/mol. The number of amides is 1. The highest BCUT2D eigenvalue weighted by molar-refractivity contribution is 5.96. The van der Waals surface area contributed by atoms with Gasteiger partial charge in [0.25, 0.3) is 5.91 Å². The molecular formula is C23H33N7O2. The molecular weight excluding hydrogens is 406 g/mol. The zero-order chi connectivity index (χ0) is 22.5. The molecule has 0 radical (unpaired) electrons. The van der Waals surface area contributed by atoms with Crippen LogP contribution in [0.3, 0.4) is 0 Å². The quantitative estimate of drug-likeness (QED) is 0.443. The van der Waals surface area contributed by atoms with E-state index >= 15 is 0 Å². The molecule has 1 aliphatic carbocycles. The number of hydrogen-bond acceptors (Lipinski definition) is 8. The second kappa shape index (κ2) is 10.1. The number of aryl methyl sites for hydroxylation is 1. The van der Waals surface area contributed by atoms with E-state index in [0.717, 1.165) is 57.5 Å². The van der Waals surface area contributed by atoms with E-state index in [0.29, 0.717) is 23.8 Å². The van der Waals surface area contributed by atoms with Crippen LogP contribution in [-0.2, 0) is 6.42 Å². The maximum absolute atomic E-state index is 12.1. The van der Waals surface area contributed by atoms with Crippen molar-refractivity contribution in [3.8, 4) is 0 Å². The number of carbonyl (C=O) groups excluding carboxylic acids is 1. The lowest BCUT2D eigenvalue weighted by Gasteiger charge is -2.29. The van der Waals surface area contributed by atoms with Gasteiger partial charge in [-0.15, -0.1) is 0 Å². The van der Waals surface area contributed by atoms with E-state index in [4.69, 9.17) is 10.7 Å². The first-order valence-electron chi connectivity index (χ1n) is 11.5. The number of nitrogens with one attached hydrogen (secondary N) is 3. The Morgan fingerprint density at radius 1 is 1.12 bits per heavy atom. The van der Waals surface area contributed by atoms with Crippen molar-refractivity contribution in [3.63, 3.8) is 0 Å². The summed E-state index contributed by atoms with van der Waals surface area (Å²) in [6.07, 6.45) is 3.71. The van der Waals surface area contributed by atoms with E-state index in [-0.39, 0.29) is 17.8 Å². The minimum Gasteiger partial charge on any atom is -0.393 e. The van der Waals surface area contributed by atoms with Crippen molar-refractivity contribution >= 4 is 28.9 Å². The maximum atomic E-state index is 12.1. The van der Waals surface area contributed by atoms with Crippen molar-refractivity contribution in [2.24, 2.45) is 5.73 Å². The summed E-state index contributed by atoms with van der Waals surface area (Å²) in [5.41, 5.74) is 8.45. The number of rotatable bonds is 7. The van der Waals surface area contributed by atoms with E-state index in [2.05, 4.69) is 38.0 Å². The molecule has 172 valence electrons. The molecule has 4 rings (SSSR count). The number of nitrogens with zero attached hydrogens (tertiary/aromatic N) is 3. The molecule has 1 amide bonds. The zero-order valence-electron chi connectivity index (χ0n) is 18.6. The fourth-order valence-electron chi connectivity index (χ4n) is 4.32. The summed E-state index contributed by atoms with van der Waals surface area (Å²) in [6.45, 7) is 5.91. The van der Waals surface area contributed by atoms with E-state index < -0.39 is 5.91 Å². The molecule has 9 heteroatoms. The molecule has 1 aromatic heterocycles. The Balaban J connectivity index is 1.55. The summed E-state index contributed by atoms with van der Waals surface area (Å²) >= 11 is 0. The zero-order valence-corrected chi connectivity index (χ0v) is 18.6. The van der Waals surface area contributed by atoms with Crippen molar-refractivity contribution in [2.45, 2.75) is 51.2 Å². The first-order chi connectivity index (χ1) is 15.5. The minimum atomic E-state index is -0.612. The molecule has 0 bridgehead atoms. The van der Waals surface area contributed by atoms with E-state index in [1.165, 1.54) is 5.69 Å². The Hall–Kier alpha value is -2.91. The summed E-state index contributed by atoms with van der Waals surface area (Å²) in [4.78, 5) is 23.7. The molecule has 0 spiro atoms. The summed E-state index contributed by atoms with van der Waals surface area (Å²) in [5, 5.41) is 19.8. The van der Waals surface area contributed by atoms with Gasteiger partial charge < -0.3 is 31.7 Å². The van der Waals surface area contributed by atoms with Crippen molar-refractivity contribution in [1.82, 2.24) is 15.3 Å². The van der Waals surface area contributed by atoms with E-state index in [9.17, 15) is 9.90 Å². The van der Waals surface area contributed by atoms with Crippen LogP contribution in [0.1, 0.15) is 48.8 Å². The largest absolute Gasteiger partial charge is 0.393 e. The second-order valence-corrected chi connectivity index (χ2v) is 8.49. The van der Waals surface area contributed by atoms with Gasteiger partial charge in [0.15, 0.2) is 11.5 Å². The SMILES string of the molecule is CCc1nc(C(N)=O)c(Nc2ccc(N3CCNCC3)cc2)nc1N[C@H]1CC[C@H](O)CC1. The number of aliphatic hydroxyl groups is 1. The minimum absolute atomic E-state index is 0.137. The molecule has 1 saturated heterocycles. The smallest absolute Gasteiger partial charge is 0.271 e. The third kappa shape index (κ3) is 5.28. The monoisotopic (exact) mass is 439 g/mol. The maximum Gasteiger partial charge on any atom is 0.271 e. The van der Waals surface area contributed by atoms with Crippen LogP contribution in [0.4, 0.5) is 23.0 Å². The van der Waals surface area contributed by atoms with Crippen molar-refractivity contribution in [1.29, 1.82) is 0 Å².